The van der Waals surface area contributed by atoms with E-state index in [4.69, 9.17) is 9.47 Å². The smallest absolute Gasteiger partial charge is 0.311 e. The number of esters is 2. The number of piperidine rings is 1. The number of hydrogen-bond acceptors (Lipinski definition) is 5. The van der Waals surface area contributed by atoms with E-state index in [2.05, 4.69) is 5.32 Å². The predicted molar refractivity (Wildman–Crippen MR) is 91.4 cm³/mol. The summed E-state index contributed by atoms with van der Waals surface area (Å²) < 4.78 is 23.9. The van der Waals surface area contributed by atoms with Crippen molar-refractivity contribution in [3.63, 3.8) is 0 Å². The van der Waals surface area contributed by atoms with Crippen LogP contribution in [0.3, 0.4) is 0 Å². The molecule has 0 radical (unpaired) electrons. The molecule has 2 rings (SSSR count). The number of ether oxygens (including phenoxy) is 2. The Morgan fingerprint density at radius 3 is 1.80 bits per heavy atom. The molecule has 5 atom stereocenters. The van der Waals surface area contributed by atoms with Crippen molar-refractivity contribution in [3.8, 4) is 0 Å². The van der Waals surface area contributed by atoms with E-state index in [9.17, 15) is 14.0 Å². The summed E-state index contributed by atoms with van der Waals surface area (Å²) in [4.78, 5) is 25.2. The minimum absolute atomic E-state index is 0.185. The molecule has 1 heterocycles. The third kappa shape index (κ3) is 4.18. The van der Waals surface area contributed by atoms with Gasteiger partial charge < -0.3 is 14.8 Å². The first-order valence-electron chi connectivity index (χ1n) is 8.75. The second-order valence-corrected chi connectivity index (χ2v) is 6.38. The fourth-order valence-electron chi connectivity index (χ4n) is 3.75. The average molecular weight is 351 g/mol. The molecule has 0 amide bonds. The molecule has 0 bridgehead atoms. The minimum atomic E-state index is -0.559. The number of nitrogens with one attached hydrogen (secondary N) is 1. The highest BCUT2D eigenvalue weighted by Gasteiger charge is 2.49. The molecule has 0 spiro atoms. The van der Waals surface area contributed by atoms with Crippen molar-refractivity contribution in [2.24, 2.45) is 11.8 Å². The Labute approximate surface area is 147 Å². The van der Waals surface area contributed by atoms with E-state index in [0.29, 0.717) is 0 Å². The summed E-state index contributed by atoms with van der Waals surface area (Å²) in [5, 5.41) is 3.29. The van der Waals surface area contributed by atoms with Gasteiger partial charge in [-0.1, -0.05) is 12.1 Å². The van der Waals surface area contributed by atoms with Gasteiger partial charge in [0, 0.05) is 18.0 Å². The monoisotopic (exact) mass is 351 g/mol. The third-order valence-corrected chi connectivity index (χ3v) is 4.75. The Morgan fingerprint density at radius 1 is 0.960 bits per heavy atom. The van der Waals surface area contributed by atoms with Crippen LogP contribution in [0, 0.1) is 17.7 Å². The number of hydrogen-bond donors (Lipinski definition) is 1. The number of carbonyl (C=O) groups is 2. The molecule has 25 heavy (non-hydrogen) atoms. The van der Waals surface area contributed by atoms with Crippen LogP contribution in [0.1, 0.15) is 39.2 Å². The Kier molecular flexibility index (Phi) is 6.53. The van der Waals surface area contributed by atoms with Crippen molar-refractivity contribution in [2.45, 2.75) is 45.7 Å². The zero-order chi connectivity index (χ0) is 18.6. The van der Waals surface area contributed by atoms with Crippen LogP contribution in [0.15, 0.2) is 24.3 Å². The maximum Gasteiger partial charge on any atom is 0.311 e. The van der Waals surface area contributed by atoms with Gasteiger partial charge in [0.25, 0.3) is 0 Å². The van der Waals surface area contributed by atoms with E-state index in [0.717, 1.165) is 5.56 Å². The summed E-state index contributed by atoms with van der Waals surface area (Å²) in [6, 6.07) is 5.57. The van der Waals surface area contributed by atoms with E-state index < -0.39 is 17.8 Å². The minimum Gasteiger partial charge on any atom is -0.466 e. The predicted octanol–water partition coefficient (Wildman–Crippen LogP) is 2.65. The van der Waals surface area contributed by atoms with E-state index in [-0.39, 0.29) is 43.1 Å². The van der Waals surface area contributed by atoms with Crippen molar-refractivity contribution in [1.29, 1.82) is 0 Å². The molecule has 5 nitrogen and oxygen atoms in total. The molecule has 1 aliphatic heterocycles. The van der Waals surface area contributed by atoms with Gasteiger partial charge in [0.05, 0.1) is 25.0 Å². The van der Waals surface area contributed by atoms with Crippen LogP contribution in [0.2, 0.25) is 0 Å². The highest BCUT2D eigenvalue weighted by molar-refractivity contribution is 5.80. The summed E-state index contributed by atoms with van der Waals surface area (Å²) in [6.45, 7) is 7.82. The molecule has 1 N–H and O–H groups in total. The van der Waals surface area contributed by atoms with Gasteiger partial charge in [-0.2, -0.15) is 0 Å². The lowest BCUT2D eigenvalue weighted by Gasteiger charge is -2.44. The van der Waals surface area contributed by atoms with Crippen LogP contribution < -0.4 is 5.32 Å². The fourth-order valence-corrected chi connectivity index (χ4v) is 3.75. The quantitative estimate of drug-likeness (QED) is 0.826. The molecule has 1 unspecified atom stereocenters. The van der Waals surface area contributed by atoms with Crippen molar-refractivity contribution in [1.82, 2.24) is 5.32 Å². The lowest BCUT2D eigenvalue weighted by atomic mass is 9.68. The Bertz CT molecular complexity index is 574. The fraction of sp³-hybridized carbons (Fsp3) is 0.579. The largest absolute Gasteiger partial charge is 0.466 e. The molecule has 0 aliphatic carbocycles. The van der Waals surface area contributed by atoms with Crippen LogP contribution in [0.4, 0.5) is 4.39 Å². The van der Waals surface area contributed by atoms with Gasteiger partial charge >= 0.3 is 11.9 Å². The van der Waals surface area contributed by atoms with E-state index in [1.165, 1.54) is 12.1 Å². The summed E-state index contributed by atoms with van der Waals surface area (Å²) >= 11 is 0. The zero-order valence-electron chi connectivity index (χ0n) is 15.1. The summed E-state index contributed by atoms with van der Waals surface area (Å²) in [7, 11) is 0. The van der Waals surface area contributed by atoms with Crippen molar-refractivity contribution < 1.29 is 23.5 Å². The van der Waals surface area contributed by atoms with E-state index in [1.54, 1.807) is 26.0 Å². The van der Waals surface area contributed by atoms with E-state index >= 15 is 0 Å². The number of benzene rings is 1. The maximum absolute atomic E-state index is 13.4. The van der Waals surface area contributed by atoms with Gasteiger partial charge in [0.15, 0.2) is 0 Å². The standard InChI is InChI=1S/C19H26FNO4/c1-5-24-18(22)15-11(3)21-12(4)16(19(23)25-6-2)17(15)13-7-9-14(20)10-8-13/h7-12,15-17,21H,5-6H2,1-4H3/t11-,12+,15-,16-,17?/m0/s1. The molecule has 6 heteroatoms. The van der Waals surface area contributed by atoms with E-state index in [1.807, 2.05) is 13.8 Å². The van der Waals surface area contributed by atoms with Gasteiger partial charge in [-0.15, -0.1) is 0 Å². The van der Waals surface area contributed by atoms with Gasteiger partial charge in [-0.25, -0.2) is 4.39 Å². The van der Waals surface area contributed by atoms with Gasteiger partial charge in [0.1, 0.15) is 5.82 Å². The molecule has 1 aromatic rings. The lowest BCUT2D eigenvalue weighted by molar-refractivity contribution is -0.158. The summed E-state index contributed by atoms with van der Waals surface area (Å²) in [5.74, 6) is -2.65. The van der Waals surface area contributed by atoms with Crippen LogP contribution >= 0.6 is 0 Å². The molecule has 0 aromatic heterocycles. The lowest BCUT2D eigenvalue weighted by Crippen LogP contribution is -2.58. The maximum atomic E-state index is 13.4. The van der Waals surface area contributed by atoms with Gasteiger partial charge in [0.2, 0.25) is 0 Å². The number of rotatable bonds is 5. The average Bonchev–Trinajstić information content (AvgIpc) is 2.55. The Balaban J connectivity index is 2.49. The van der Waals surface area contributed by atoms with Crippen LogP contribution in [0.25, 0.3) is 0 Å². The molecule has 1 aromatic carbocycles. The Hall–Kier alpha value is -1.95. The topological polar surface area (TPSA) is 64.6 Å². The first-order chi connectivity index (χ1) is 11.9. The second kappa shape index (κ2) is 8.43. The first kappa shape index (κ1) is 19.4. The molecule has 138 valence electrons. The van der Waals surface area contributed by atoms with Gasteiger partial charge in [-0.3, -0.25) is 9.59 Å². The molecular formula is C19H26FNO4. The molecule has 1 fully saturated rings. The SMILES string of the molecule is CCOC(=O)[C@@H]1C(c2ccc(F)cc2)[C@@H](C(=O)OCC)[C@@H](C)N[C@H]1C. The van der Waals surface area contributed by atoms with Gasteiger partial charge in [-0.05, 0) is 45.4 Å². The summed E-state index contributed by atoms with van der Waals surface area (Å²) in [5.41, 5.74) is 0.734. The zero-order valence-corrected chi connectivity index (χ0v) is 15.1. The normalized spacial score (nSPS) is 29.1. The number of carbonyl (C=O) groups excluding carboxylic acids is 2. The first-order valence-corrected chi connectivity index (χ1v) is 8.75. The number of halogens is 1. The Morgan fingerprint density at radius 2 is 1.40 bits per heavy atom. The second-order valence-electron chi connectivity index (χ2n) is 6.38. The molecule has 1 saturated heterocycles. The van der Waals surface area contributed by atoms with Crippen LogP contribution in [-0.4, -0.2) is 37.2 Å². The molecule has 1 aliphatic rings. The van der Waals surface area contributed by atoms with Crippen molar-refractivity contribution in [3.05, 3.63) is 35.6 Å². The van der Waals surface area contributed by atoms with Crippen molar-refractivity contribution in [2.75, 3.05) is 13.2 Å². The van der Waals surface area contributed by atoms with Crippen molar-refractivity contribution >= 4 is 11.9 Å². The third-order valence-electron chi connectivity index (χ3n) is 4.75. The molecule has 0 saturated carbocycles. The highest BCUT2D eigenvalue weighted by Crippen LogP contribution is 2.41. The van der Waals surface area contributed by atoms with Crippen LogP contribution in [-0.2, 0) is 19.1 Å². The van der Waals surface area contributed by atoms with Crippen LogP contribution in [0.5, 0.6) is 0 Å². The summed E-state index contributed by atoms with van der Waals surface area (Å²) in [6.07, 6.45) is 0. The highest BCUT2D eigenvalue weighted by atomic mass is 19.1. The molecular weight excluding hydrogens is 325 g/mol.